The van der Waals surface area contributed by atoms with Crippen LogP contribution in [-0.2, 0) is 4.79 Å². The van der Waals surface area contributed by atoms with E-state index in [1.807, 2.05) is 0 Å². The predicted octanol–water partition coefficient (Wildman–Crippen LogP) is 2.67. The number of ether oxygens (including phenoxy) is 1. The highest BCUT2D eigenvalue weighted by Gasteiger charge is 2.26. The van der Waals surface area contributed by atoms with Crippen molar-refractivity contribution in [3.8, 4) is 11.8 Å². The molecular formula is C18H18N2O3. The third kappa shape index (κ3) is 3.87. The number of aliphatic hydroxyl groups excluding tert-OH is 1. The van der Waals surface area contributed by atoms with Crippen molar-refractivity contribution >= 4 is 11.5 Å². The highest BCUT2D eigenvalue weighted by atomic mass is 16.5. The van der Waals surface area contributed by atoms with Crippen LogP contribution in [0.5, 0.6) is 5.75 Å². The molecule has 2 aromatic carbocycles. The first kappa shape index (κ1) is 16.5. The average Bonchev–Trinajstić information content (AvgIpc) is 2.59. The van der Waals surface area contributed by atoms with Crippen molar-refractivity contribution in [2.45, 2.75) is 19.1 Å². The number of ketones is 1. The summed E-state index contributed by atoms with van der Waals surface area (Å²) in [6.45, 7) is 1.32. The zero-order chi connectivity index (χ0) is 16.8. The van der Waals surface area contributed by atoms with Crippen molar-refractivity contribution in [1.82, 2.24) is 0 Å². The van der Waals surface area contributed by atoms with Crippen LogP contribution in [0.1, 0.15) is 24.1 Å². The number of nitrogens with zero attached hydrogens (tertiary/aromatic N) is 1. The van der Waals surface area contributed by atoms with Gasteiger partial charge in [-0.2, -0.15) is 5.26 Å². The molecule has 0 saturated heterocycles. The lowest BCUT2D eigenvalue weighted by Crippen LogP contribution is -2.31. The first-order valence-electron chi connectivity index (χ1n) is 7.15. The fourth-order valence-electron chi connectivity index (χ4n) is 2.30. The molecule has 0 heterocycles. The number of rotatable bonds is 6. The normalized spacial score (nSPS) is 12.8. The molecule has 0 amide bonds. The Balaban J connectivity index is 2.38. The Bertz CT molecular complexity index is 720. The van der Waals surface area contributed by atoms with Crippen LogP contribution in [0.25, 0.3) is 0 Å². The topological polar surface area (TPSA) is 82.3 Å². The monoisotopic (exact) mass is 310 g/mol. The lowest BCUT2D eigenvalue weighted by atomic mass is 9.94. The van der Waals surface area contributed by atoms with E-state index in [1.165, 1.54) is 6.92 Å². The second-order valence-corrected chi connectivity index (χ2v) is 5.11. The molecule has 2 atom stereocenters. The van der Waals surface area contributed by atoms with Gasteiger partial charge in [0, 0.05) is 5.69 Å². The van der Waals surface area contributed by atoms with Gasteiger partial charge in [-0.05, 0) is 42.8 Å². The lowest BCUT2D eigenvalue weighted by Gasteiger charge is -2.25. The van der Waals surface area contributed by atoms with Crippen LogP contribution in [0.2, 0.25) is 0 Å². The molecular weight excluding hydrogens is 292 g/mol. The summed E-state index contributed by atoms with van der Waals surface area (Å²) in [5.41, 5.74) is 1.70. The molecule has 0 bridgehead atoms. The smallest absolute Gasteiger partial charge is 0.160 e. The van der Waals surface area contributed by atoms with Crippen molar-refractivity contribution < 1.29 is 14.6 Å². The van der Waals surface area contributed by atoms with Crippen LogP contribution >= 0.6 is 0 Å². The minimum Gasteiger partial charge on any atom is -0.497 e. The maximum Gasteiger partial charge on any atom is 0.160 e. The number of hydrogen-bond acceptors (Lipinski definition) is 5. The van der Waals surface area contributed by atoms with Gasteiger partial charge < -0.3 is 15.2 Å². The number of nitrogens with one attached hydrogen (secondary N) is 1. The summed E-state index contributed by atoms with van der Waals surface area (Å²) in [4.78, 5) is 11.7. The number of Topliss-reactive ketones (excluding diaryl/α,β-unsaturated/α-hetero) is 1. The number of benzene rings is 2. The molecule has 0 radical (unpaired) electrons. The molecule has 23 heavy (non-hydrogen) atoms. The van der Waals surface area contributed by atoms with Crippen molar-refractivity contribution in [2.24, 2.45) is 0 Å². The molecule has 2 aromatic rings. The Labute approximate surface area is 135 Å². The fourth-order valence-corrected chi connectivity index (χ4v) is 2.30. The van der Waals surface area contributed by atoms with E-state index in [2.05, 4.69) is 11.4 Å². The highest BCUT2D eigenvalue weighted by molar-refractivity contribution is 5.82. The number of aliphatic hydroxyl groups is 1. The Morgan fingerprint density at radius 2 is 1.87 bits per heavy atom. The van der Waals surface area contributed by atoms with Gasteiger partial charge in [-0.1, -0.05) is 18.2 Å². The maximum absolute atomic E-state index is 11.7. The van der Waals surface area contributed by atoms with Gasteiger partial charge in [0.05, 0.1) is 24.8 Å². The van der Waals surface area contributed by atoms with Crippen molar-refractivity contribution in [1.29, 1.82) is 5.26 Å². The lowest BCUT2D eigenvalue weighted by molar-refractivity contribution is -0.125. The van der Waals surface area contributed by atoms with E-state index in [0.717, 1.165) is 0 Å². The number of anilines is 1. The summed E-state index contributed by atoms with van der Waals surface area (Å²) in [5, 5.41) is 22.7. The summed E-state index contributed by atoms with van der Waals surface area (Å²) >= 11 is 0. The number of hydrogen-bond donors (Lipinski definition) is 2. The molecule has 0 aliphatic rings. The van der Waals surface area contributed by atoms with Gasteiger partial charge in [0.15, 0.2) is 5.78 Å². The summed E-state index contributed by atoms with van der Waals surface area (Å²) in [6, 6.07) is 15.4. The molecule has 0 aromatic heterocycles. The summed E-state index contributed by atoms with van der Waals surface area (Å²) < 4.78 is 5.11. The average molecular weight is 310 g/mol. The summed E-state index contributed by atoms with van der Waals surface area (Å²) in [7, 11) is 1.58. The van der Waals surface area contributed by atoms with E-state index in [9.17, 15) is 15.2 Å². The highest BCUT2D eigenvalue weighted by Crippen LogP contribution is 2.27. The van der Waals surface area contributed by atoms with Crippen LogP contribution in [0, 0.1) is 11.3 Å². The summed E-state index contributed by atoms with van der Waals surface area (Å²) in [6.07, 6.45) is -1.26. The Morgan fingerprint density at radius 3 is 2.43 bits per heavy atom. The molecule has 2 N–H and O–H groups in total. The molecule has 0 spiro atoms. The number of carbonyl (C=O) groups is 1. The van der Waals surface area contributed by atoms with Gasteiger partial charge in [0.1, 0.15) is 11.9 Å². The molecule has 0 saturated carbocycles. The first-order valence-corrected chi connectivity index (χ1v) is 7.15. The van der Waals surface area contributed by atoms with E-state index in [0.29, 0.717) is 22.6 Å². The van der Waals surface area contributed by atoms with Gasteiger partial charge in [-0.25, -0.2) is 0 Å². The van der Waals surface area contributed by atoms with Gasteiger partial charge in [0.25, 0.3) is 0 Å². The van der Waals surface area contributed by atoms with Crippen LogP contribution in [0.15, 0.2) is 48.5 Å². The van der Waals surface area contributed by atoms with Crippen molar-refractivity contribution in [2.75, 3.05) is 12.4 Å². The molecule has 5 nitrogen and oxygen atoms in total. The van der Waals surface area contributed by atoms with Gasteiger partial charge in [-0.3, -0.25) is 4.79 Å². The third-order valence-corrected chi connectivity index (χ3v) is 3.56. The zero-order valence-corrected chi connectivity index (χ0v) is 13.0. The Morgan fingerprint density at radius 1 is 1.22 bits per heavy atom. The standard InChI is InChI=1S/C18H18N2O3/c1-12(21)18(22)17(16-6-4-3-5-13(16)11-19)20-14-7-9-15(23-2)10-8-14/h3-10,17-18,20,22H,1-2H3/t17-,18+/m1/s1. The van der Waals surface area contributed by atoms with Crippen LogP contribution in [0.3, 0.4) is 0 Å². The molecule has 0 fully saturated rings. The molecule has 0 aliphatic carbocycles. The van der Waals surface area contributed by atoms with E-state index in [-0.39, 0.29) is 5.78 Å². The van der Waals surface area contributed by atoms with Crippen LogP contribution in [-0.4, -0.2) is 24.1 Å². The van der Waals surface area contributed by atoms with E-state index >= 15 is 0 Å². The van der Waals surface area contributed by atoms with E-state index in [4.69, 9.17) is 4.74 Å². The van der Waals surface area contributed by atoms with Gasteiger partial charge in [0.2, 0.25) is 0 Å². The van der Waals surface area contributed by atoms with Crippen molar-refractivity contribution in [3.05, 3.63) is 59.7 Å². The number of nitriles is 1. The molecule has 2 rings (SSSR count). The summed E-state index contributed by atoms with van der Waals surface area (Å²) in [5.74, 6) is 0.334. The second-order valence-electron chi connectivity index (χ2n) is 5.11. The largest absolute Gasteiger partial charge is 0.497 e. The predicted molar refractivity (Wildman–Crippen MR) is 87.2 cm³/mol. The minimum absolute atomic E-state index is 0.372. The van der Waals surface area contributed by atoms with Crippen LogP contribution < -0.4 is 10.1 Å². The third-order valence-electron chi connectivity index (χ3n) is 3.56. The molecule has 118 valence electrons. The first-order chi connectivity index (χ1) is 11.1. The quantitative estimate of drug-likeness (QED) is 0.857. The van der Waals surface area contributed by atoms with E-state index in [1.54, 1.807) is 55.6 Å². The van der Waals surface area contributed by atoms with Gasteiger partial charge >= 0.3 is 0 Å². The Hall–Kier alpha value is -2.84. The SMILES string of the molecule is COc1ccc(N[C@H](c2ccccc2C#N)[C@@H](O)C(C)=O)cc1. The van der Waals surface area contributed by atoms with Gasteiger partial charge in [-0.15, -0.1) is 0 Å². The molecule has 0 aliphatic heterocycles. The fraction of sp³-hybridized carbons (Fsp3) is 0.222. The molecule has 0 unspecified atom stereocenters. The number of carbonyl (C=O) groups excluding carboxylic acids is 1. The van der Waals surface area contributed by atoms with Crippen molar-refractivity contribution in [3.63, 3.8) is 0 Å². The minimum atomic E-state index is -1.26. The Kier molecular flexibility index (Phi) is 5.34. The maximum atomic E-state index is 11.7. The number of methoxy groups -OCH3 is 1. The van der Waals surface area contributed by atoms with E-state index < -0.39 is 12.1 Å². The zero-order valence-electron chi connectivity index (χ0n) is 13.0. The van der Waals surface area contributed by atoms with Crippen LogP contribution in [0.4, 0.5) is 5.69 Å². The second kappa shape index (κ2) is 7.43. The molecule has 5 heteroatoms.